The van der Waals surface area contributed by atoms with Gasteiger partial charge in [0.2, 0.25) is 0 Å². The molecular formula is C19H11ClF3N3S. The highest BCUT2D eigenvalue weighted by Crippen LogP contribution is 2.38. The van der Waals surface area contributed by atoms with Gasteiger partial charge in [0, 0.05) is 27.9 Å². The summed E-state index contributed by atoms with van der Waals surface area (Å²) in [6.45, 7) is 0. The molecular weight excluding hydrogens is 395 g/mol. The number of hydrogen-bond acceptors (Lipinski definition) is 4. The lowest BCUT2D eigenvalue weighted by molar-refractivity contribution is -0.137. The molecule has 4 rings (SSSR count). The van der Waals surface area contributed by atoms with Crippen molar-refractivity contribution in [3.05, 3.63) is 71.4 Å². The molecule has 0 unspecified atom stereocenters. The highest BCUT2D eigenvalue weighted by Gasteiger charge is 2.34. The normalized spacial score (nSPS) is 11.7. The van der Waals surface area contributed by atoms with Gasteiger partial charge < -0.3 is 5.32 Å². The van der Waals surface area contributed by atoms with Gasteiger partial charge in [0.25, 0.3) is 0 Å². The lowest BCUT2D eigenvalue weighted by Gasteiger charge is -2.11. The zero-order valence-electron chi connectivity index (χ0n) is 13.6. The predicted octanol–water partition coefficient (Wildman–Crippen LogP) is 6.77. The molecule has 0 aliphatic heterocycles. The fraction of sp³-hybridized carbons (Fsp3) is 0.0526. The van der Waals surface area contributed by atoms with Crippen molar-refractivity contribution >= 4 is 44.7 Å². The van der Waals surface area contributed by atoms with Gasteiger partial charge in [0.05, 0.1) is 16.0 Å². The average Bonchev–Trinajstić information content (AvgIpc) is 3.05. The zero-order valence-corrected chi connectivity index (χ0v) is 15.2. The Morgan fingerprint density at radius 1 is 1.00 bits per heavy atom. The molecule has 4 aromatic rings. The lowest BCUT2D eigenvalue weighted by Crippen LogP contribution is -2.08. The Hall–Kier alpha value is -2.64. The van der Waals surface area contributed by atoms with Crippen LogP contribution in [0.5, 0.6) is 0 Å². The number of anilines is 2. The number of pyridine rings is 1. The van der Waals surface area contributed by atoms with E-state index in [0.29, 0.717) is 16.4 Å². The number of nitrogens with zero attached hydrogens (tertiary/aromatic N) is 2. The molecule has 0 spiro atoms. The third kappa shape index (κ3) is 3.61. The van der Waals surface area contributed by atoms with Crippen molar-refractivity contribution in [3.8, 4) is 11.3 Å². The first kappa shape index (κ1) is 17.8. The number of rotatable bonds is 3. The number of hydrogen-bond donors (Lipinski definition) is 1. The summed E-state index contributed by atoms with van der Waals surface area (Å²) in [4.78, 5) is 3.94. The molecule has 0 fully saturated rings. The Bertz CT molecular complexity index is 1110. The van der Waals surface area contributed by atoms with Crippen molar-refractivity contribution in [2.45, 2.75) is 6.18 Å². The highest BCUT2D eigenvalue weighted by molar-refractivity contribution is 7.13. The molecule has 0 radical (unpaired) electrons. The first-order valence-electron chi connectivity index (χ1n) is 7.86. The first-order valence-corrected chi connectivity index (χ1v) is 9.01. The van der Waals surface area contributed by atoms with E-state index in [4.69, 9.17) is 11.6 Å². The van der Waals surface area contributed by atoms with Crippen LogP contribution in [0, 0.1) is 0 Å². The fourth-order valence-corrected chi connectivity index (χ4v) is 3.61. The van der Waals surface area contributed by atoms with E-state index in [1.807, 2.05) is 12.1 Å². The smallest absolute Gasteiger partial charge is 0.339 e. The molecule has 0 bridgehead atoms. The lowest BCUT2D eigenvalue weighted by atomic mass is 10.0. The topological polar surface area (TPSA) is 37.8 Å². The van der Waals surface area contributed by atoms with Crippen LogP contribution in [0.4, 0.5) is 24.7 Å². The van der Waals surface area contributed by atoms with Crippen molar-refractivity contribution in [2.75, 3.05) is 5.32 Å². The maximum absolute atomic E-state index is 13.3. The number of nitrogens with one attached hydrogen (secondary N) is 1. The van der Waals surface area contributed by atoms with Gasteiger partial charge in [-0.05, 0) is 60.1 Å². The van der Waals surface area contributed by atoms with Crippen LogP contribution in [0.25, 0.3) is 21.3 Å². The third-order valence-corrected chi connectivity index (χ3v) is 5.03. The van der Waals surface area contributed by atoms with Gasteiger partial charge in [-0.3, -0.25) is 4.98 Å². The number of benzene rings is 2. The minimum absolute atomic E-state index is 0.0903. The summed E-state index contributed by atoms with van der Waals surface area (Å²) in [5.74, 6) is 0.640. The second-order valence-electron chi connectivity index (χ2n) is 5.77. The van der Waals surface area contributed by atoms with Crippen LogP contribution >= 0.6 is 23.1 Å². The van der Waals surface area contributed by atoms with E-state index in [9.17, 15) is 13.2 Å². The molecule has 3 nitrogen and oxygen atoms in total. The van der Waals surface area contributed by atoms with Crippen molar-refractivity contribution in [1.29, 1.82) is 0 Å². The summed E-state index contributed by atoms with van der Waals surface area (Å²) in [6.07, 6.45) is -3.11. The van der Waals surface area contributed by atoms with Gasteiger partial charge in [-0.2, -0.15) is 17.5 Å². The minimum atomic E-state index is -4.46. The van der Waals surface area contributed by atoms with Crippen molar-refractivity contribution in [1.82, 2.24) is 9.36 Å². The molecule has 0 aliphatic carbocycles. The SMILES string of the molecule is FC(F)(F)c1cccnc1-c1ccc2c(Nc3ccc(Cl)cc3)nsc2c1. The first-order chi connectivity index (χ1) is 12.9. The van der Waals surface area contributed by atoms with E-state index in [1.165, 1.54) is 23.8 Å². The molecule has 0 saturated heterocycles. The Balaban J connectivity index is 1.72. The van der Waals surface area contributed by atoms with E-state index >= 15 is 0 Å². The molecule has 2 heterocycles. The van der Waals surface area contributed by atoms with Crippen LogP contribution in [-0.4, -0.2) is 9.36 Å². The molecule has 0 atom stereocenters. The van der Waals surface area contributed by atoms with Crippen molar-refractivity contribution < 1.29 is 13.2 Å². The molecule has 0 saturated carbocycles. The van der Waals surface area contributed by atoms with E-state index < -0.39 is 11.7 Å². The van der Waals surface area contributed by atoms with Gasteiger partial charge in [0.15, 0.2) is 5.82 Å². The van der Waals surface area contributed by atoms with Crippen LogP contribution in [-0.2, 0) is 6.18 Å². The van der Waals surface area contributed by atoms with Gasteiger partial charge in [-0.15, -0.1) is 0 Å². The highest BCUT2D eigenvalue weighted by atomic mass is 35.5. The van der Waals surface area contributed by atoms with E-state index in [-0.39, 0.29) is 5.69 Å². The van der Waals surface area contributed by atoms with E-state index in [2.05, 4.69) is 14.7 Å². The molecule has 8 heteroatoms. The van der Waals surface area contributed by atoms with Gasteiger partial charge >= 0.3 is 6.18 Å². The second-order valence-corrected chi connectivity index (χ2v) is 7.01. The van der Waals surface area contributed by atoms with Gasteiger partial charge in [0.1, 0.15) is 0 Å². The summed E-state index contributed by atoms with van der Waals surface area (Å²) < 4.78 is 44.9. The monoisotopic (exact) mass is 405 g/mol. The molecule has 0 amide bonds. The standard InChI is InChI=1S/C19H11ClF3N3S/c20-12-4-6-13(7-5-12)25-18-14-8-3-11(10-16(14)27-26-18)17-15(19(21,22)23)2-1-9-24-17/h1-10H,(H,25,26). The number of fused-ring (bicyclic) bond motifs is 1. The average molecular weight is 406 g/mol. The number of alkyl halides is 3. The van der Waals surface area contributed by atoms with Gasteiger partial charge in [-0.25, -0.2) is 0 Å². The summed E-state index contributed by atoms with van der Waals surface area (Å²) in [5, 5.41) is 4.65. The second kappa shape index (κ2) is 6.83. The van der Waals surface area contributed by atoms with E-state index in [1.54, 1.807) is 30.3 Å². The maximum atomic E-state index is 13.3. The quantitative estimate of drug-likeness (QED) is 0.408. The number of halogens is 4. The molecule has 1 N–H and O–H groups in total. The predicted molar refractivity (Wildman–Crippen MR) is 103 cm³/mol. The van der Waals surface area contributed by atoms with Crippen LogP contribution in [0.2, 0.25) is 5.02 Å². The summed E-state index contributed by atoms with van der Waals surface area (Å²) in [6, 6.07) is 14.5. The number of aromatic nitrogens is 2. The largest absolute Gasteiger partial charge is 0.418 e. The Morgan fingerprint density at radius 3 is 2.52 bits per heavy atom. The van der Waals surface area contributed by atoms with Crippen LogP contribution in [0.15, 0.2) is 60.8 Å². The molecule has 2 aromatic carbocycles. The maximum Gasteiger partial charge on any atom is 0.418 e. The Kier molecular flexibility index (Phi) is 4.49. The molecule has 2 aromatic heterocycles. The van der Waals surface area contributed by atoms with Crippen LogP contribution in [0.3, 0.4) is 0 Å². The third-order valence-electron chi connectivity index (χ3n) is 3.97. The van der Waals surface area contributed by atoms with Crippen LogP contribution in [0.1, 0.15) is 5.56 Å². The Labute approximate surface area is 161 Å². The van der Waals surface area contributed by atoms with E-state index in [0.717, 1.165) is 21.8 Å². The van der Waals surface area contributed by atoms with Crippen LogP contribution < -0.4 is 5.32 Å². The minimum Gasteiger partial charge on any atom is -0.339 e. The Morgan fingerprint density at radius 2 is 1.78 bits per heavy atom. The fourth-order valence-electron chi connectivity index (χ4n) is 2.71. The summed E-state index contributed by atoms with van der Waals surface area (Å²) in [5.41, 5.74) is 0.373. The zero-order chi connectivity index (χ0) is 19.0. The summed E-state index contributed by atoms with van der Waals surface area (Å²) >= 11 is 7.09. The van der Waals surface area contributed by atoms with Gasteiger partial charge in [-0.1, -0.05) is 17.7 Å². The van der Waals surface area contributed by atoms with Crippen molar-refractivity contribution in [3.63, 3.8) is 0 Å². The molecule has 136 valence electrons. The van der Waals surface area contributed by atoms with Crippen molar-refractivity contribution in [2.24, 2.45) is 0 Å². The summed E-state index contributed by atoms with van der Waals surface area (Å²) in [7, 11) is 0. The molecule has 27 heavy (non-hydrogen) atoms. The molecule has 0 aliphatic rings.